The molecule has 0 radical (unpaired) electrons. The fourth-order valence-corrected chi connectivity index (χ4v) is 3.35. The molecule has 0 aliphatic carbocycles. The molecule has 2 rings (SSSR count). The highest BCUT2D eigenvalue weighted by Crippen LogP contribution is 2.27. The topological polar surface area (TPSA) is 12.0 Å². The van der Waals surface area contributed by atoms with Crippen molar-refractivity contribution in [3.8, 4) is 0 Å². The molecule has 3 heteroatoms. The SMILES string of the molecule is CCc1ccc(CC(CNC)c2ccccc2F)s1. The van der Waals surface area contributed by atoms with E-state index in [0.717, 1.165) is 24.9 Å². The van der Waals surface area contributed by atoms with Crippen molar-refractivity contribution in [3.05, 3.63) is 57.5 Å². The van der Waals surface area contributed by atoms with Gasteiger partial charge in [0.15, 0.2) is 0 Å². The summed E-state index contributed by atoms with van der Waals surface area (Å²) >= 11 is 1.84. The van der Waals surface area contributed by atoms with E-state index in [9.17, 15) is 4.39 Å². The molecular weight excluding hydrogens is 257 g/mol. The molecule has 0 aliphatic rings. The molecule has 1 nitrogen and oxygen atoms in total. The van der Waals surface area contributed by atoms with Gasteiger partial charge in [-0.1, -0.05) is 25.1 Å². The van der Waals surface area contributed by atoms with E-state index in [-0.39, 0.29) is 11.7 Å². The third-order valence-corrected chi connectivity index (χ3v) is 4.56. The summed E-state index contributed by atoms with van der Waals surface area (Å²) in [5.41, 5.74) is 0.809. The second kappa shape index (κ2) is 6.83. The molecule has 0 saturated heterocycles. The number of hydrogen-bond donors (Lipinski definition) is 1. The molecule has 0 saturated carbocycles. The lowest BCUT2D eigenvalue weighted by Crippen LogP contribution is -2.19. The van der Waals surface area contributed by atoms with Gasteiger partial charge in [0, 0.05) is 22.2 Å². The Morgan fingerprint density at radius 2 is 1.89 bits per heavy atom. The Balaban J connectivity index is 2.18. The lowest BCUT2D eigenvalue weighted by atomic mass is 9.94. The summed E-state index contributed by atoms with van der Waals surface area (Å²) in [5, 5.41) is 3.17. The van der Waals surface area contributed by atoms with E-state index < -0.39 is 0 Å². The Kier molecular flexibility index (Phi) is 5.11. The first-order chi connectivity index (χ1) is 9.24. The molecule has 0 amide bonds. The van der Waals surface area contributed by atoms with Gasteiger partial charge in [-0.15, -0.1) is 11.3 Å². The molecule has 0 bridgehead atoms. The van der Waals surface area contributed by atoms with Crippen LogP contribution >= 0.6 is 11.3 Å². The molecule has 102 valence electrons. The minimum atomic E-state index is -0.102. The summed E-state index contributed by atoms with van der Waals surface area (Å²) in [6.07, 6.45) is 1.97. The van der Waals surface area contributed by atoms with E-state index >= 15 is 0 Å². The molecule has 1 unspecified atom stereocenters. The average molecular weight is 277 g/mol. The first-order valence-electron chi connectivity index (χ1n) is 6.71. The summed E-state index contributed by atoms with van der Waals surface area (Å²) in [5.74, 6) is 0.0876. The maximum absolute atomic E-state index is 13.9. The van der Waals surface area contributed by atoms with Gasteiger partial charge in [0.1, 0.15) is 5.82 Å². The molecule has 1 atom stereocenters. The molecule has 1 aromatic carbocycles. The fraction of sp³-hybridized carbons (Fsp3) is 0.375. The normalized spacial score (nSPS) is 12.6. The Labute approximate surface area is 118 Å². The molecular formula is C16H20FNS. The molecule has 0 spiro atoms. The highest BCUT2D eigenvalue weighted by molar-refractivity contribution is 7.11. The Bertz CT molecular complexity index is 521. The highest BCUT2D eigenvalue weighted by Gasteiger charge is 2.16. The molecule has 1 heterocycles. The Hall–Kier alpha value is -1.19. The summed E-state index contributed by atoms with van der Waals surface area (Å²) in [4.78, 5) is 2.73. The zero-order valence-electron chi connectivity index (χ0n) is 11.4. The van der Waals surface area contributed by atoms with Crippen molar-refractivity contribution in [3.63, 3.8) is 0 Å². The standard InChI is InChI=1S/C16H20FNS/c1-3-13-8-9-14(19-13)10-12(11-18-2)15-6-4-5-7-16(15)17/h4-9,12,18H,3,10-11H2,1-2H3. The minimum absolute atomic E-state index is 0.102. The van der Waals surface area contributed by atoms with E-state index in [1.54, 1.807) is 12.1 Å². The van der Waals surface area contributed by atoms with Crippen molar-refractivity contribution < 1.29 is 4.39 Å². The Morgan fingerprint density at radius 1 is 1.16 bits per heavy atom. The lowest BCUT2D eigenvalue weighted by Gasteiger charge is -2.17. The predicted octanol–water partition coefficient (Wildman–Crippen LogP) is 4.00. The van der Waals surface area contributed by atoms with Crippen LogP contribution in [-0.2, 0) is 12.8 Å². The highest BCUT2D eigenvalue weighted by atomic mass is 32.1. The lowest BCUT2D eigenvalue weighted by molar-refractivity contribution is 0.558. The van der Waals surface area contributed by atoms with E-state index in [2.05, 4.69) is 24.4 Å². The number of aryl methyl sites for hydroxylation is 1. The Morgan fingerprint density at radius 3 is 2.53 bits per heavy atom. The molecule has 0 fully saturated rings. The van der Waals surface area contributed by atoms with Gasteiger partial charge in [-0.2, -0.15) is 0 Å². The number of thiophene rings is 1. The third kappa shape index (κ3) is 3.64. The average Bonchev–Trinajstić information content (AvgIpc) is 2.87. The summed E-state index contributed by atoms with van der Waals surface area (Å²) in [6.45, 7) is 2.96. The van der Waals surface area contributed by atoms with Gasteiger partial charge in [-0.25, -0.2) is 4.39 Å². The van der Waals surface area contributed by atoms with E-state index in [4.69, 9.17) is 0 Å². The van der Waals surface area contributed by atoms with Crippen LogP contribution in [0.4, 0.5) is 4.39 Å². The van der Waals surface area contributed by atoms with Crippen LogP contribution in [0.2, 0.25) is 0 Å². The molecule has 1 aromatic heterocycles. The van der Waals surface area contributed by atoms with Crippen molar-refractivity contribution in [1.82, 2.24) is 5.32 Å². The second-order valence-electron chi connectivity index (χ2n) is 4.70. The van der Waals surface area contributed by atoms with Gasteiger partial charge in [-0.3, -0.25) is 0 Å². The van der Waals surface area contributed by atoms with Gasteiger partial charge in [0.05, 0.1) is 0 Å². The number of benzene rings is 1. The van der Waals surface area contributed by atoms with Crippen LogP contribution in [0.15, 0.2) is 36.4 Å². The van der Waals surface area contributed by atoms with Crippen molar-refractivity contribution in [2.75, 3.05) is 13.6 Å². The molecule has 1 N–H and O–H groups in total. The first-order valence-corrected chi connectivity index (χ1v) is 7.52. The second-order valence-corrected chi connectivity index (χ2v) is 5.95. The number of rotatable bonds is 6. The van der Waals surface area contributed by atoms with Crippen LogP contribution in [0.1, 0.15) is 28.2 Å². The van der Waals surface area contributed by atoms with E-state index in [1.807, 2.05) is 30.5 Å². The van der Waals surface area contributed by atoms with Gasteiger partial charge in [0.25, 0.3) is 0 Å². The molecule has 2 aromatic rings. The smallest absolute Gasteiger partial charge is 0.126 e. The van der Waals surface area contributed by atoms with Gasteiger partial charge in [-0.05, 0) is 43.7 Å². The van der Waals surface area contributed by atoms with Gasteiger partial charge in [0.2, 0.25) is 0 Å². The van der Waals surface area contributed by atoms with Crippen LogP contribution in [0.3, 0.4) is 0 Å². The zero-order valence-corrected chi connectivity index (χ0v) is 12.3. The first kappa shape index (κ1) is 14.2. The number of nitrogens with one attached hydrogen (secondary N) is 1. The maximum atomic E-state index is 13.9. The van der Waals surface area contributed by atoms with Gasteiger partial charge >= 0.3 is 0 Å². The van der Waals surface area contributed by atoms with Crippen molar-refractivity contribution in [2.45, 2.75) is 25.7 Å². The largest absolute Gasteiger partial charge is 0.319 e. The summed E-state index contributed by atoms with van der Waals surface area (Å²) < 4.78 is 13.9. The van der Waals surface area contributed by atoms with Crippen LogP contribution < -0.4 is 5.32 Å². The van der Waals surface area contributed by atoms with Gasteiger partial charge < -0.3 is 5.32 Å². The van der Waals surface area contributed by atoms with Crippen LogP contribution in [0.25, 0.3) is 0 Å². The number of hydrogen-bond acceptors (Lipinski definition) is 2. The predicted molar refractivity (Wildman–Crippen MR) is 80.5 cm³/mol. The zero-order chi connectivity index (χ0) is 13.7. The maximum Gasteiger partial charge on any atom is 0.126 e. The summed E-state index contributed by atoms with van der Waals surface area (Å²) in [7, 11) is 1.92. The van der Waals surface area contributed by atoms with Crippen molar-refractivity contribution >= 4 is 11.3 Å². The third-order valence-electron chi connectivity index (χ3n) is 3.31. The fourth-order valence-electron chi connectivity index (χ4n) is 2.31. The van der Waals surface area contributed by atoms with Crippen molar-refractivity contribution in [2.24, 2.45) is 0 Å². The number of halogens is 1. The quantitative estimate of drug-likeness (QED) is 0.841. The van der Waals surface area contributed by atoms with Crippen LogP contribution in [-0.4, -0.2) is 13.6 Å². The summed E-state index contributed by atoms with van der Waals surface area (Å²) in [6, 6.07) is 11.4. The molecule has 19 heavy (non-hydrogen) atoms. The number of likely N-dealkylation sites (N-methyl/N-ethyl adjacent to an activating group) is 1. The monoisotopic (exact) mass is 277 g/mol. The van der Waals surface area contributed by atoms with Crippen LogP contribution in [0, 0.1) is 5.82 Å². The molecule has 0 aliphatic heterocycles. The van der Waals surface area contributed by atoms with E-state index in [0.29, 0.717) is 0 Å². The van der Waals surface area contributed by atoms with Crippen LogP contribution in [0.5, 0.6) is 0 Å². The van der Waals surface area contributed by atoms with Crippen molar-refractivity contribution in [1.29, 1.82) is 0 Å². The minimum Gasteiger partial charge on any atom is -0.319 e. The van der Waals surface area contributed by atoms with E-state index in [1.165, 1.54) is 9.75 Å².